The van der Waals surface area contributed by atoms with Crippen LogP contribution in [-0.2, 0) is 9.47 Å². The van der Waals surface area contributed by atoms with E-state index in [9.17, 15) is 0 Å². The monoisotopic (exact) mass is 245 g/mol. The quantitative estimate of drug-likeness (QED) is 0.654. The van der Waals surface area contributed by atoms with Crippen LogP contribution in [0, 0.1) is 0 Å². The fraction of sp³-hybridized carbons (Fsp3) is 1.00. The molecule has 4 nitrogen and oxygen atoms in total. The SMILES string of the molecule is CC(C)OCCN1CCC(OCCCO)CC1. The number of ether oxygens (including phenoxy) is 2. The molecule has 1 N–H and O–H groups in total. The molecule has 0 spiro atoms. The van der Waals surface area contributed by atoms with Crippen LogP contribution in [0.1, 0.15) is 33.1 Å². The third-order valence-electron chi connectivity index (χ3n) is 3.05. The van der Waals surface area contributed by atoms with Crippen LogP contribution in [0.4, 0.5) is 0 Å². The van der Waals surface area contributed by atoms with E-state index in [1.165, 1.54) is 0 Å². The minimum absolute atomic E-state index is 0.228. The van der Waals surface area contributed by atoms with Gasteiger partial charge in [0.2, 0.25) is 0 Å². The van der Waals surface area contributed by atoms with Crippen molar-refractivity contribution in [1.29, 1.82) is 0 Å². The zero-order chi connectivity index (χ0) is 12.5. The molecule has 0 saturated carbocycles. The van der Waals surface area contributed by atoms with Crippen LogP contribution >= 0.6 is 0 Å². The van der Waals surface area contributed by atoms with Crippen molar-refractivity contribution >= 4 is 0 Å². The van der Waals surface area contributed by atoms with Crippen molar-refractivity contribution < 1.29 is 14.6 Å². The van der Waals surface area contributed by atoms with Gasteiger partial charge in [0.05, 0.1) is 18.8 Å². The Hall–Kier alpha value is -0.160. The molecule has 0 aromatic carbocycles. The maximum atomic E-state index is 8.68. The van der Waals surface area contributed by atoms with E-state index in [2.05, 4.69) is 18.7 Å². The molecule has 0 aromatic heterocycles. The third kappa shape index (κ3) is 6.99. The molecule has 0 aliphatic carbocycles. The summed E-state index contributed by atoms with van der Waals surface area (Å²) < 4.78 is 11.2. The Labute approximate surface area is 105 Å². The second-order valence-electron chi connectivity index (χ2n) is 4.91. The van der Waals surface area contributed by atoms with Gasteiger partial charge < -0.3 is 19.5 Å². The normalized spacial score (nSPS) is 19.1. The lowest BCUT2D eigenvalue weighted by Crippen LogP contribution is -2.39. The summed E-state index contributed by atoms with van der Waals surface area (Å²) in [4.78, 5) is 2.44. The van der Waals surface area contributed by atoms with Crippen molar-refractivity contribution in [3.05, 3.63) is 0 Å². The Bertz CT molecular complexity index is 180. The van der Waals surface area contributed by atoms with Crippen LogP contribution < -0.4 is 0 Å². The molecule has 102 valence electrons. The minimum Gasteiger partial charge on any atom is -0.396 e. The topological polar surface area (TPSA) is 41.9 Å². The summed E-state index contributed by atoms with van der Waals surface area (Å²) in [5.41, 5.74) is 0. The molecule has 0 unspecified atom stereocenters. The number of piperidine rings is 1. The fourth-order valence-corrected chi connectivity index (χ4v) is 2.03. The van der Waals surface area contributed by atoms with E-state index in [1.54, 1.807) is 0 Å². The van der Waals surface area contributed by atoms with Gasteiger partial charge in [-0.05, 0) is 33.1 Å². The third-order valence-corrected chi connectivity index (χ3v) is 3.05. The Balaban J connectivity index is 2.01. The van der Waals surface area contributed by atoms with Crippen LogP contribution in [0.5, 0.6) is 0 Å². The first kappa shape index (κ1) is 14.9. The molecule has 1 aliphatic rings. The van der Waals surface area contributed by atoms with Gasteiger partial charge in [0.25, 0.3) is 0 Å². The van der Waals surface area contributed by atoms with E-state index in [0.717, 1.165) is 45.5 Å². The summed E-state index contributed by atoms with van der Waals surface area (Å²) in [6, 6.07) is 0. The van der Waals surface area contributed by atoms with E-state index in [0.29, 0.717) is 18.8 Å². The van der Waals surface area contributed by atoms with Crippen LogP contribution in [0.3, 0.4) is 0 Å². The van der Waals surface area contributed by atoms with Crippen molar-refractivity contribution in [2.45, 2.75) is 45.3 Å². The van der Waals surface area contributed by atoms with Gasteiger partial charge in [0, 0.05) is 32.8 Å². The number of hydrogen-bond acceptors (Lipinski definition) is 4. The summed E-state index contributed by atoms with van der Waals surface area (Å²) >= 11 is 0. The molecule has 0 bridgehead atoms. The van der Waals surface area contributed by atoms with Crippen LogP contribution in [0.2, 0.25) is 0 Å². The molecule has 17 heavy (non-hydrogen) atoms. The van der Waals surface area contributed by atoms with Gasteiger partial charge >= 0.3 is 0 Å². The Morgan fingerprint density at radius 3 is 2.53 bits per heavy atom. The molecule has 0 radical (unpaired) electrons. The first-order valence-electron chi connectivity index (χ1n) is 6.78. The number of rotatable bonds is 8. The highest BCUT2D eigenvalue weighted by molar-refractivity contribution is 4.72. The second-order valence-corrected chi connectivity index (χ2v) is 4.91. The minimum atomic E-state index is 0.228. The largest absolute Gasteiger partial charge is 0.396 e. The molecule has 4 heteroatoms. The lowest BCUT2D eigenvalue weighted by Gasteiger charge is -2.31. The number of aliphatic hydroxyl groups is 1. The van der Waals surface area contributed by atoms with E-state index in [4.69, 9.17) is 14.6 Å². The molecule has 1 fully saturated rings. The van der Waals surface area contributed by atoms with Gasteiger partial charge in [-0.3, -0.25) is 0 Å². The van der Waals surface area contributed by atoms with E-state index in [-0.39, 0.29) is 6.61 Å². The zero-order valence-electron chi connectivity index (χ0n) is 11.2. The maximum Gasteiger partial charge on any atom is 0.0599 e. The molecule has 1 aliphatic heterocycles. The summed E-state index contributed by atoms with van der Waals surface area (Å²) in [5.74, 6) is 0. The van der Waals surface area contributed by atoms with Gasteiger partial charge in [-0.25, -0.2) is 0 Å². The van der Waals surface area contributed by atoms with Crippen LogP contribution in [0.25, 0.3) is 0 Å². The molecule has 1 rings (SSSR count). The molecule has 0 aromatic rings. The Morgan fingerprint density at radius 1 is 1.24 bits per heavy atom. The number of aliphatic hydroxyl groups excluding tert-OH is 1. The zero-order valence-corrected chi connectivity index (χ0v) is 11.2. The summed E-state index contributed by atoms with van der Waals surface area (Å²) in [6.07, 6.45) is 3.68. The van der Waals surface area contributed by atoms with Crippen LogP contribution in [0.15, 0.2) is 0 Å². The summed E-state index contributed by atoms with van der Waals surface area (Å²) in [5, 5.41) is 8.68. The Kier molecular flexibility index (Phi) is 7.77. The molecule has 1 heterocycles. The van der Waals surface area contributed by atoms with Crippen molar-refractivity contribution in [3.8, 4) is 0 Å². The highest BCUT2D eigenvalue weighted by Crippen LogP contribution is 2.13. The van der Waals surface area contributed by atoms with Gasteiger partial charge in [0.1, 0.15) is 0 Å². The smallest absolute Gasteiger partial charge is 0.0599 e. The lowest BCUT2D eigenvalue weighted by atomic mass is 10.1. The maximum absolute atomic E-state index is 8.68. The molecular formula is C13H27NO3. The van der Waals surface area contributed by atoms with Crippen molar-refractivity contribution in [2.24, 2.45) is 0 Å². The highest BCUT2D eigenvalue weighted by atomic mass is 16.5. The first-order valence-corrected chi connectivity index (χ1v) is 6.78. The van der Waals surface area contributed by atoms with E-state index >= 15 is 0 Å². The first-order chi connectivity index (χ1) is 8.22. The average molecular weight is 245 g/mol. The summed E-state index contributed by atoms with van der Waals surface area (Å²) in [6.45, 7) is 9.12. The number of nitrogens with zero attached hydrogens (tertiary/aromatic N) is 1. The standard InChI is InChI=1S/C13H27NO3/c1-12(2)16-11-8-14-6-4-13(5-7-14)17-10-3-9-15/h12-13,15H,3-11H2,1-2H3. The Morgan fingerprint density at radius 2 is 1.94 bits per heavy atom. The predicted molar refractivity (Wildman–Crippen MR) is 68.2 cm³/mol. The number of hydrogen-bond donors (Lipinski definition) is 1. The molecule has 0 amide bonds. The highest BCUT2D eigenvalue weighted by Gasteiger charge is 2.19. The lowest BCUT2D eigenvalue weighted by molar-refractivity contribution is -0.00730. The van der Waals surface area contributed by atoms with Gasteiger partial charge in [-0.15, -0.1) is 0 Å². The van der Waals surface area contributed by atoms with Crippen molar-refractivity contribution in [1.82, 2.24) is 4.90 Å². The van der Waals surface area contributed by atoms with E-state index < -0.39 is 0 Å². The van der Waals surface area contributed by atoms with Gasteiger partial charge in [0.15, 0.2) is 0 Å². The molecular weight excluding hydrogens is 218 g/mol. The molecule has 1 saturated heterocycles. The van der Waals surface area contributed by atoms with E-state index in [1.807, 2.05) is 0 Å². The van der Waals surface area contributed by atoms with Crippen LogP contribution in [-0.4, -0.2) is 61.7 Å². The van der Waals surface area contributed by atoms with Crippen molar-refractivity contribution in [3.63, 3.8) is 0 Å². The second kappa shape index (κ2) is 8.86. The molecule has 0 atom stereocenters. The number of likely N-dealkylation sites (tertiary alicyclic amines) is 1. The fourth-order valence-electron chi connectivity index (χ4n) is 2.03. The summed E-state index contributed by atoms with van der Waals surface area (Å²) in [7, 11) is 0. The van der Waals surface area contributed by atoms with Gasteiger partial charge in [-0.2, -0.15) is 0 Å². The van der Waals surface area contributed by atoms with Gasteiger partial charge in [-0.1, -0.05) is 0 Å². The predicted octanol–water partition coefficient (Wildman–Crippen LogP) is 1.27. The average Bonchev–Trinajstić information content (AvgIpc) is 2.31. The van der Waals surface area contributed by atoms with Crippen molar-refractivity contribution in [2.75, 3.05) is 39.5 Å².